The molecule has 0 aromatic carbocycles. The first-order valence-corrected chi connectivity index (χ1v) is 11.7. The van der Waals surface area contributed by atoms with Gasteiger partial charge in [0, 0.05) is 23.8 Å². The number of nitrogens with zero attached hydrogens (tertiary/aromatic N) is 6. The lowest BCUT2D eigenvalue weighted by molar-refractivity contribution is 0.176. The van der Waals surface area contributed by atoms with Gasteiger partial charge in [0.15, 0.2) is 5.82 Å². The van der Waals surface area contributed by atoms with Crippen LogP contribution in [-0.4, -0.2) is 30.1 Å². The minimum atomic E-state index is -0.0674. The Kier molecular flexibility index (Phi) is 6.18. The number of aromatic nitrogens is 5. The van der Waals surface area contributed by atoms with Crippen LogP contribution in [0.3, 0.4) is 0 Å². The zero-order valence-electron chi connectivity index (χ0n) is 17.4. The first-order chi connectivity index (χ1) is 15.4. The molecule has 1 aliphatic rings. The van der Waals surface area contributed by atoms with Crippen molar-refractivity contribution in [1.82, 2.24) is 30.1 Å². The van der Waals surface area contributed by atoms with Crippen LogP contribution in [0.2, 0.25) is 0 Å². The molecule has 4 aromatic heterocycles. The van der Waals surface area contributed by atoms with Gasteiger partial charge in [-0.05, 0) is 58.5 Å². The van der Waals surface area contributed by atoms with Gasteiger partial charge in [-0.3, -0.25) is 9.88 Å². The maximum atomic E-state index is 5.72. The highest BCUT2D eigenvalue weighted by Crippen LogP contribution is 2.36. The van der Waals surface area contributed by atoms with E-state index < -0.39 is 0 Å². The Morgan fingerprint density at radius 3 is 2.77 bits per heavy atom. The molecule has 0 aliphatic heterocycles. The van der Waals surface area contributed by atoms with Crippen LogP contribution >= 0.6 is 11.3 Å². The lowest BCUT2D eigenvalue weighted by atomic mass is 9.95. The lowest BCUT2D eigenvalue weighted by Crippen LogP contribution is -2.32. The van der Waals surface area contributed by atoms with Crippen molar-refractivity contribution in [2.75, 3.05) is 0 Å². The van der Waals surface area contributed by atoms with Crippen molar-refractivity contribution in [3.05, 3.63) is 82.5 Å². The van der Waals surface area contributed by atoms with Crippen LogP contribution < -0.4 is 0 Å². The molecular formula is C23H26N6OS. The van der Waals surface area contributed by atoms with Gasteiger partial charge >= 0.3 is 0 Å². The monoisotopic (exact) mass is 434 g/mol. The number of thiophene rings is 1. The van der Waals surface area contributed by atoms with Gasteiger partial charge in [-0.2, -0.15) is 0 Å². The zero-order valence-corrected chi connectivity index (χ0v) is 18.2. The highest BCUT2D eigenvalue weighted by Gasteiger charge is 2.32. The third-order valence-corrected chi connectivity index (χ3v) is 6.83. The largest absolute Gasteiger partial charge is 0.468 e. The molecule has 4 heterocycles. The van der Waals surface area contributed by atoms with E-state index in [1.165, 1.54) is 24.1 Å². The molecule has 5 rings (SSSR count). The van der Waals surface area contributed by atoms with Gasteiger partial charge in [-0.25, -0.2) is 4.68 Å². The van der Waals surface area contributed by atoms with Gasteiger partial charge in [0.05, 0.1) is 18.8 Å². The number of furan rings is 1. The summed E-state index contributed by atoms with van der Waals surface area (Å²) in [6.07, 6.45) is 11.5. The van der Waals surface area contributed by atoms with Crippen LogP contribution in [-0.2, 0) is 13.1 Å². The molecule has 7 nitrogen and oxygen atoms in total. The van der Waals surface area contributed by atoms with E-state index in [0.29, 0.717) is 19.1 Å². The van der Waals surface area contributed by atoms with Crippen molar-refractivity contribution in [1.29, 1.82) is 0 Å². The molecule has 0 spiro atoms. The molecule has 0 amide bonds. The van der Waals surface area contributed by atoms with Crippen molar-refractivity contribution >= 4 is 11.3 Å². The van der Waals surface area contributed by atoms with Crippen molar-refractivity contribution in [3.63, 3.8) is 0 Å². The first-order valence-electron chi connectivity index (χ1n) is 10.8. The highest BCUT2D eigenvalue weighted by molar-refractivity contribution is 7.10. The summed E-state index contributed by atoms with van der Waals surface area (Å²) in [6.45, 7) is 1.37. The van der Waals surface area contributed by atoms with Crippen molar-refractivity contribution in [2.45, 2.75) is 57.3 Å². The Hall–Kier alpha value is -2.84. The summed E-state index contributed by atoms with van der Waals surface area (Å²) in [7, 11) is 0. The van der Waals surface area contributed by atoms with E-state index in [1.54, 1.807) is 23.8 Å². The molecular weight excluding hydrogens is 408 g/mol. The SMILES string of the molecule is c1cncc(CN(Cc2ccco2)[C@@H](c2cccs2)c2nnnn2C2CCCCC2)c1. The Morgan fingerprint density at radius 1 is 1.10 bits per heavy atom. The molecule has 31 heavy (non-hydrogen) atoms. The zero-order chi connectivity index (χ0) is 20.9. The van der Waals surface area contributed by atoms with Gasteiger partial charge in [-0.1, -0.05) is 31.4 Å². The fourth-order valence-electron chi connectivity index (χ4n) is 4.45. The highest BCUT2D eigenvalue weighted by atomic mass is 32.1. The van der Waals surface area contributed by atoms with Gasteiger partial charge in [0.2, 0.25) is 0 Å². The number of pyridine rings is 1. The second-order valence-corrected chi connectivity index (χ2v) is 9.02. The number of hydrogen-bond donors (Lipinski definition) is 0. The fraction of sp³-hybridized carbons (Fsp3) is 0.391. The van der Waals surface area contributed by atoms with E-state index in [0.717, 1.165) is 30.0 Å². The van der Waals surface area contributed by atoms with Gasteiger partial charge in [0.1, 0.15) is 11.8 Å². The molecule has 0 saturated heterocycles. The molecule has 160 valence electrons. The van der Waals surface area contributed by atoms with Crippen LogP contribution in [0, 0.1) is 0 Å². The average molecular weight is 435 g/mol. The predicted octanol–water partition coefficient (Wildman–Crippen LogP) is 5.02. The molecule has 1 aliphatic carbocycles. The standard InChI is InChI=1S/C23H26N6OS/c1-2-8-19(9-3-1)29-23(25-26-27-29)22(21-11-6-14-31-21)28(17-20-10-5-13-30-20)16-18-7-4-12-24-15-18/h4-7,10-15,19,22H,1-3,8-9,16-17H2/t22-/m0/s1. The fourth-order valence-corrected chi connectivity index (χ4v) is 5.31. The van der Waals surface area contributed by atoms with E-state index in [9.17, 15) is 0 Å². The summed E-state index contributed by atoms with van der Waals surface area (Å²) in [5.41, 5.74) is 1.15. The summed E-state index contributed by atoms with van der Waals surface area (Å²) in [6, 6.07) is 12.6. The summed E-state index contributed by atoms with van der Waals surface area (Å²) in [4.78, 5) is 7.92. The third-order valence-electron chi connectivity index (χ3n) is 5.91. The summed E-state index contributed by atoms with van der Waals surface area (Å²) >= 11 is 1.74. The van der Waals surface area contributed by atoms with Crippen LogP contribution in [0.15, 0.2) is 64.9 Å². The van der Waals surface area contributed by atoms with E-state index in [2.05, 4.69) is 53.7 Å². The topological polar surface area (TPSA) is 72.9 Å². The molecule has 0 N–H and O–H groups in total. The second-order valence-electron chi connectivity index (χ2n) is 8.04. The molecule has 1 atom stereocenters. The van der Waals surface area contributed by atoms with E-state index in [4.69, 9.17) is 4.42 Å². The predicted molar refractivity (Wildman–Crippen MR) is 118 cm³/mol. The summed E-state index contributed by atoms with van der Waals surface area (Å²) in [5, 5.41) is 15.3. The molecule has 1 fully saturated rings. The maximum absolute atomic E-state index is 5.72. The Balaban J connectivity index is 1.55. The van der Waals surface area contributed by atoms with Gasteiger partial charge < -0.3 is 4.42 Å². The summed E-state index contributed by atoms with van der Waals surface area (Å²) in [5.74, 6) is 1.83. The molecule has 4 aromatic rings. The average Bonchev–Trinajstić information content (AvgIpc) is 3.59. The normalized spacial score (nSPS) is 16.0. The second kappa shape index (κ2) is 9.53. The van der Waals surface area contributed by atoms with E-state index in [1.807, 2.05) is 24.4 Å². The Morgan fingerprint density at radius 2 is 2.03 bits per heavy atom. The minimum absolute atomic E-state index is 0.0674. The van der Waals surface area contributed by atoms with Gasteiger partial charge in [0.25, 0.3) is 0 Å². The smallest absolute Gasteiger partial charge is 0.174 e. The van der Waals surface area contributed by atoms with Gasteiger partial charge in [-0.15, -0.1) is 16.4 Å². The van der Waals surface area contributed by atoms with Crippen molar-refractivity contribution in [2.24, 2.45) is 0 Å². The van der Waals surface area contributed by atoms with Crippen LogP contribution in [0.1, 0.15) is 66.2 Å². The van der Waals surface area contributed by atoms with E-state index in [-0.39, 0.29) is 6.04 Å². The van der Waals surface area contributed by atoms with Crippen LogP contribution in [0.5, 0.6) is 0 Å². The number of rotatable bonds is 8. The third kappa shape index (κ3) is 4.60. The molecule has 0 bridgehead atoms. The number of hydrogen-bond acceptors (Lipinski definition) is 7. The number of tetrazole rings is 1. The molecule has 1 saturated carbocycles. The van der Waals surface area contributed by atoms with Crippen LogP contribution in [0.4, 0.5) is 0 Å². The van der Waals surface area contributed by atoms with Crippen molar-refractivity contribution in [3.8, 4) is 0 Å². The van der Waals surface area contributed by atoms with Crippen molar-refractivity contribution < 1.29 is 4.42 Å². The van der Waals surface area contributed by atoms with Crippen LogP contribution in [0.25, 0.3) is 0 Å². The molecule has 0 radical (unpaired) electrons. The molecule has 8 heteroatoms. The molecule has 0 unspecified atom stereocenters. The first kappa shape index (κ1) is 20.1. The quantitative estimate of drug-likeness (QED) is 0.388. The Bertz CT molecular complexity index is 1040. The minimum Gasteiger partial charge on any atom is -0.468 e. The van der Waals surface area contributed by atoms with E-state index >= 15 is 0 Å². The lowest BCUT2D eigenvalue weighted by Gasteiger charge is -2.31. The maximum Gasteiger partial charge on any atom is 0.174 e. The Labute approximate surface area is 185 Å². The summed E-state index contributed by atoms with van der Waals surface area (Å²) < 4.78 is 7.81.